The van der Waals surface area contributed by atoms with E-state index in [-0.39, 0.29) is 17.5 Å². The molecule has 1 N–H and O–H groups in total. The molecule has 8 nitrogen and oxygen atoms in total. The van der Waals surface area contributed by atoms with Crippen LogP contribution in [-0.2, 0) is 13.6 Å². The molecule has 3 aromatic rings. The summed E-state index contributed by atoms with van der Waals surface area (Å²) in [6, 6.07) is 10.4. The predicted molar refractivity (Wildman–Crippen MR) is 110 cm³/mol. The first-order chi connectivity index (χ1) is 14.4. The molecule has 1 aromatic carbocycles. The van der Waals surface area contributed by atoms with Gasteiger partial charge < -0.3 is 14.6 Å². The Hall–Kier alpha value is -3.73. The molecule has 8 heteroatoms. The Kier molecular flexibility index (Phi) is 4.96. The zero-order valence-corrected chi connectivity index (χ0v) is 16.8. The predicted octanol–water partition coefficient (Wildman–Crippen LogP) is 2.31. The van der Waals surface area contributed by atoms with Gasteiger partial charge in [-0.3, -0.25) is 9.59 Å². The molecule has 0 radical (unpaired) electrons. The zero-order chi connectivity index (χ0) is 21.3. The van der Waals surface area contributed by atoms with Crippen LogP contribution in [0.1, 0.15) is 41.3 Å². The van der Waals surface area contributed by atoms with Gasteiger partial charge >= 0.3 is 0 Å². The van der Waals surface area contributed by atoms with Crippen molar-refractivity contribution >= 4 is 16.8 Å². The van der Waals surface area contributed by atoms with Gasteiger partial charge in [0.05, 0.1) is 24.4 Å². The smallest absolute Gasteiger partial charge is 0.263 e. The lowest BCUT2D eigenvalue weighted by Crippen LogP contribution is -2.32. The molecule has 1 amide bonds. The Labute approximate surface area is 173 Å². The summed E-state index contributed by atoms with van der Waals surface area (Å²) in [5, 5.41) is 20.2. The number of pyridine rings is 1. The molecule has 0 aliphatic heterocycles. The van der Waals surface area contributed by atoms with E-state index in [1.807, 2.05) is 6.07 Å². The molecular weight excluding hydrogens is 382 g/mol. The molecule has 0 spiro atoms. The summed E-state index contributed by atoms with van der Waals surface area (Å²) < 4.78 is 7.23. The van der Waals surface area contributed by atoms with Gasteiger partial charge in [-0.05, 0) is 36.6 Å². The fraction of sp³-hybridized carbons (Fsp3) is 0.318. The van der Waals surface area contributed by atoms with Gasteiger partial charge in [-0.1, -0.05) is 19.1 Å². The molecule has 2 heterocycles. The summed E-state index contributed by atoms with van der Waals surface area (Å²) in [6.45, 7) is 2.90. The lowest BCUT2D eigenvalue weighted by molar-refractivity contribution is 0.0949. The van der Waals surface area contributed by atoms with E-state index in [4.69, 9.17) is 10.00 Å². The highest BCUT2D eigenvalue weighted by Gasteiger charge is 2.38. The molecule has 1 fully saturated rings. The van der Waals surface area contributed by atoms with Crippen LogP contribution < -0.4 is 15.6 Å². The van der Waals surface area contributed by atoms with Crippen molar-refractivity contribution in [2.75, 3.05) is 6.61 Å². The van der Waals surface area contributed by atoms with Gasteiger partial charge in [-0.15, -0.1) is 5.10 Å². The van der Waals surface area contributed by atoms with Crippen molar-refractivity contribution in [3.8, 4) is 11.9 Å². The van der Waals surface area contributed by atoms with Crippen molar-refractivity contribution in [2.45, 2.75) is 26.3 Å². The zero-order valence-electron chi connectivity index (χ0n) is 16.8. The Balaban J connectivity index is 1.58. The van der Waals surface area contributed by atoms with Gasteiger partial charge in [0.1, 0.15) is 11.1 Å². The molecule has 152 valence electrons. The maximum atomic E-state index is 12.8. The minimum Gasteiger partial charge on any atom is -0.475 e. The molecule has 0 bridgehead atoms. The summed E-state index contributed by atoms with van der Waals surface area (Å²) in [6.07, 6.45) is 3.72. The van der Waals surface area contributed by atoms with E-state index >= 15 is 0 Å². The maximum Gasteiger partial charge on any atom is 0.263 e. The fourth-order valence-corrected chi connectivity index (χ4v) is 3.15. The number of aromatic nitrogens is 3. The quantitative estimate of drug-likeness (QED) is 0.676. The number of benzene rings is 1. The normalized spacial score (nSPS) is 14.2. The molecular formula is C22H21N5O3. The second kappa shape index (κ2) is 7.59. The number of carbonyl (C=O) groups is 1. The minimum absolute atomic E-state index is 0.0201. The summed E-state index contributed by atoms with van der Waals surface area (Å²) >= 11 is 0. The minimum atomic E-state index is -0.480. The molecule has 1 aliphatic carbocycles. The number of rotatable bonds is 6. The number of nitriles is 1. The first-order valence-corrected chi connectivity index (χ1v) is 9.66. The van der Waals surface area contributed by atoms with Crippen molar-refractivity contribution in [3.05, 3.63) is 63.6 Å². The van der Waals surface area contributed by atoms with Crippen LogP contribution in [0.4, 0.5) is 0 Å². The SMILES string of the molecule is Cn1c(=O)c(C(=O)NCc2ccc(C#N)cc2)cc2cnnc(OCC3(C)CC3)c21. The third-order valence-electron chi connectivity index (χ3n) is 5.43. The van der Waals surface area contributed by atoms with Gasteiger partial charge in [-0.2, -0.15) is 10.4 Å². The average molecular weight is 403 g/mol. The average Bonchev–Trinajstić information content (AvgIpc) is 3.50. The van der Waals surface area contributed by atoms with E-state index in [0.717, 1.165) is 18.4 Å². The Morgan fingerprint density at radius 2 is 2.07 bits per heavy atom. The second-order valence-corrected chi connectivity index (χ2v) is 7.97. The van der Waals surface area contributed by atoms with Gasteiger partial charge in [-0.25, -0.2) is 0 Å². The van der Waals surface area contributed by atoms with Crippen LogP contribution in [0.5, 0.6) is 5.88 Å². The van der Waals surface area contributed by atoms with Gasteiger partial charge in [0.25, 0.3) is 17.3 Å². The van der Waals surface area contributed by atoms with E-state index < -0.39 is 11.5 Å². The topological polar surface area (TPSA) is 110 Å². The van der Waals surface area contributed by atoms with E-state index in [0.29, 0.717) is 29.0 Å². The number of fused-ring (bicyclic) bond motifs is 1. The molecule has 1 aliphatic rings. The van der Waals surface area contributed by atoms with Crippen molar-refractivity contribution in [3.63, 3.8) is 0 Å². The third-order valence-corrected chi connectivity index (χ3v) is 5.43. The highest BCUT2D eigenvalue weighted by Crippen LogP contribution is 2.45. The molecule has 2 aromatic heterocycles. The summed E-state index contributed by atoms with van der Waals surface area (Å²) in [5.41, 5.74) is 1.64. The number of hydrogen-bond donors (Lipinski definition) is 1. The fourth-order valence-electron chi connectivity index (χ4n) is 3.15. The van der Waals surface area contributed by atoms with Gasteiger partial charge in [0, 0.05) is 24.4 Å². The molecule has 4 rings (SSSR count). The number of nitrogens with zero attached hydrogens (tertiary/aromatic N) is 4. The van der Waals surface area contributed by atoms with Crippen LogP contribution in [-0.4, -0.2) is 27.3 Å². The molecule has 30 heavy (non-hydrogen) atoms. The van der Waals surface area contributed by atoms with Crippen LogP contribution in [0.3, 0.4) is 0 Å². The Morgan fingerprint density at radius 3 is 2.73 bits per heavy atom. The summed E-state index contributed by atoms with van der Waals surface area (Å²) in [5.74, 6) is -0.184. The van der Waals surface area contributed by atoms with E-state index in [9.17, 15) is 9.59 Å². The highest BCUT2D eigenvalue weighted by molar-refractivity contribution is 5.97. The number of amides is 1. The highest BCUT2D eigenvalue weighted by atomic mass is 16.5. The molecule has 0 unspecified atom stereocenters. The van der Waals surface area contributed by atoms with E-state index in [2.05, 4.69) is 22.4 Å². The number of hydrogen-bond acceptors (Lipinski definition) is 6. The lowest BCUT2D eigenvalue weighted by Gasteiger charge is -2.14. The monoisotopic (exact) mass is 403 g/mol. The van der Waals surface area contributed by atoms with Crippen molar-refractivity contribution in [2.24, 2.45) is 12.5 Å². The van der Waals surface area contributed by atoms with E-state index in [1.165, 1.54) is 16.8 Å². The van der Waals surface area contributed by atoms with Crippen LogP contribution in [0.2, 0.25) is 0 Å². The van der Waals surface area contributed by atoms with Crippen LogP contribution >= 0.6 is 0 Å². The third kappa shape index (κ3) is 3.87. The van der Waals surface area contributed by atoms with Crippen molar-refractivity contribution < 1.29 is 9.53 Å². The number of ether oxygens (including phenoxy) is 1. The van der Waals surface area contributed by atoms with E-state index in [1.54, 1.807) is 31.3 Å². The standard InChI is InChI=1S/C22H21N5O3/c1-22(7-8-22)13-30-20-18-16(12-25-26-20)9-17(21(29)27(18)2)19(28)24-11-15-5-3-14(10-23)4-6-15/h3-6,9,12H,7-8,11,13H2,1-2H3,(H,24,28). The largest absolute Gasteiger partial charge is 0.475 e. The first-order valence-electron chi connectivity index (χ1n) is 9.66. The maximum absolute atomic E-state index is 12.8. The van der Waals surface area contributed by atoms with Gasteiger partial charge in [0.15, 0.2) is 0 Å². The Morgan fingerprint density at radius 1 is 1.33 bits per heavy atom. The van der Waals surface area contributed by atoms with Crippen LogP contribution in [0.25, 0.3) is 10.9 Å². The van der Waals surface area contributed by atoms with Crippen LogP contribution in [0.15, 0.2) is 41.3 Å². The van der Waals surface area contributed by atoms with Crippen LogP contribution in [0, 0.1) is 16.7 Å². The molecule has 0 atom stereocenters. The molecule has 0 saturated heterocycles. The van der Waals surface area contributed by atoms with Crippen molar-refractivity contribution in [1.82, 2.24) is 20.1 Å². The number of aryl methyl sites for hydroxylation is 1. The number of carbonyl (C=O) groups excluding carboxylic acids is 1. The van der Waals surface area contributed by atoms with Crippen molar-refractivity contribution in [1.29, 1.82) is 5.26 Å². The molecule has 1 saturated carbocycles. The summed E-state index contributed by atoms with van der Waals surface area (Å²) in [4.78, 5) is 25.5. The lowest BCUT2D eigenvalue weighted by atomic mass is 10.1. The summed E-state index contributed by atoms with van der Waals surface area (Å²) in [7, 11) is 1.59. The Bertz CT molecular complexity index is 1220. The second-order valence-electron chi connectivity index (χ2n) is 7.97. The first kappa shape index (κ1) is 19.6. The number of nitrogens with one attached hydrogen (secondary N) is 1. The van der Waals surface area contributed by atoms with Gasteiger partial charge in [0.2, 0.25) is 0 Å².